The largest absolute Gasteiger partial charge is 0.460 e. The van der Waals surface area contributed by atoms with Crippen molar-refractivity contribution in [2.75, 3.05) is 11.6 Å². The second kappa shape index (κ2) is 8.53. The first-order valence-corrected chi connectivity index (χ1v) is 9.31. The van der Waals surface area contributed by atoms with Gasteiger partial charge in [-0.1, -0.05) is 24.3 Å². The number of esters is 1. The SMILES string of the molecule is N#Cc1cccc(COC(=O)[C@H]2CSCN2Cc2cccc(C#N)c2)c1. The topological polar surface area (TPSA) is 77.1 Å². The number of ether oxygens (including phenoxy) is 1. The van der Waals surface area contributed by atoms with Crippen molar-refractivity contribution in [3.8, 4) is 12.1 Å². The van der Waals surface area contributed by atoms with Gasteiger partial charge in [-0.15, -0.1) is 11.8 Å². The fourth-order valence-corrected chi connectivity index (χ4v) is 3.99. The monoisotopic (exact) mass is 363 g/mol. The number of hydrogen-bond donors (Lipinski definition) is 0. The third-order valence-corrected chi connectivity index (χ3v) is 5.19. The summed E-state index contributed by atoms with van der Waals surface area (Å²) in [5, 5.41) is 18.0. The first kappa shape index (κ1) is 18.0. The molecule has 0 radical (unpaired) electrons. The molecule has 130 valence electrons. The van der Waals surface area contributed by atoms with Crippen LogP contribution in [0, 0.1) is 22.7 Å². The Hall–Kier alpha value is -2.80. The lowest BCUT2D eigenvalue weighted by Gasteiger charge is -2.22. The van der Waals surface area contributed by atoms with Crippen molar-refractivity contribution in [1.29, 1.82) is 10.5 Å². The average molecular weight is 363 g/mol. The maximum Gasteiger partial charge on any atom is 0.324 e. The van der Waals surface area contributed by atoms with Crippen LogP contribution in [0.5, 0.6) is 0 Å². The Bertz CT molecular complexity index is 885. The highest BCUT2D eigenvalue weighted by atomic mass is 32.2. The Morgan fingerprint density at radius 1 is 1.12 bits per heavy atom. The van der Waals surface area contributed by atoms with Crippen LogP contribution in [0.2, 0.25) is 0 Å². The smallest absolute Gasteiger partial charge is 0.324 e. The predicted molar refractivity (Wildman–Crippen MR) is 98.8 cm³/mol. The number of benzene rings is 2. The minimum absolute atomic E-state index is 0.160. The van der Waals surface area contributed by atoms with E-state index in [2.05, 4.69) is 17.0 Å². The third-order valence-electron chi connectivity index (χ3n) is 4.12. The molecule has 3 rings (SSSR count). The molecule has 1 aliphatic heterocycles. The van der Waals surface area contributed by atoms with Crippen LogP contribution in [0.25, 0.3) is 0 Å². The van der Waals surface area contributed by atoms with E-state index in [0.717, 1.165) is 17.0 Å². The number of carbonyl (C=O) groups excluding carboxylic acids is 1. The van der Waals surface area contributed by atoms with Gasteiger partial charge in [-0.25, -0.2) is 0 Å². The third kappa shape index (κ3) is 4.43. The van der Waals surface area contributed by atoms with Crippen LogP contribution in [0.15, 0.2) is 48.5 Å². The van der Waals surface area contributed by atoms with Crippen LogP contribution in [0.1, 0.15) is 22.3 Å². The van der Waals surface area contributed by atoms with Crippen molar-refractivity contribution in [3.63, 3.8) is 0 Å². The second-order valence-electron chi connectivity index (χ2n) is 5.99. The Morgan fingerprint density at radius 2 is 1.77 bits per heavy atom. The molecule has 0 aromatic heterocycles. The second-order valence-corrected chi connectivity index (χ2v) is 6.99. The molecule has 1 saturated heterocycles. The summed E-state index contributed by atoms with van der Waals surface area (Å²) >= 11 is 1.69. The number of nitriles is 2. The molecule has 0 spiro atoms. The lowest BCUT2D eigenvalue weighted by molar-refractivity contribution is -0.150. The summed E-state index contributed by atoms with van der Waals surface area (Å²) in [5.74, 6) is 1.18. The molecular weight excluding hydrogens is 346 g/mol. The summed E-state index contributed by atoms with van der Waals surface area (Å²) in [5.41, 5.74) is 2.97. The molecule has 1 atom stereocenters. The highest BCUT2D eigenvalue weighted by Gasteiger charge is 2.32. The van der Waals surface area contributed by atoms with E-state index >= 15 is 0 Å². The molecule has 1 heterocycles. The molecule has 0 amide bonds. The van der Waals surface area contributed by atoms with Crippen LogP contribution in [-0.2, 0) is 22.7 Å². The standard InChI is InChI=1S/C20H17N3O2S/c21-9-15-3-1-5-17(7-15)11-23-14-26-13-19(23)20(24)25-12-18-6-2-4-16(8-18)10-22/h1-8,19H,11-14H2/t19-/m1/s1. The predicted octanol–water partition coefficient (Wildman–Crippen LogP) is 3.05. The van der Waals surface area contributed by atoms with Crippen LogP contribution in [0.3, 0.4) is 0 Å². The van der Waals surface area contributed by atoms with E-state index in [4.69, 9.17) is 15.3 Å². The van der Waals surface area contributed by atoms with E-state index in [-0.39, 0.29) is 18.6 Å². The Balaban J connectivity index is 1.61. The maximum atomic E-state index is 12.5. The summed E-state index contributed by atoms with van der Waals surface area (Å²) < 4.78 is 5.47. The molecule has 26 heavy (non-hydrogen) atoms. The Labute approximate surface area is 156 Å². The Morgan fingerprint density at radius 3 is 2.46 bits per heavy atom. The molecule has 2 aromatic carbocycles. The summed E-state index contributed by atoms with van der Waals surface area (Å²) in [6.07, 6.45) is 0. The van der Waals surface area contributed by atoms with Crippen LogP contribution in [0.4, 0.5) is 0 Å². The molecule has 5 nitrogen and oxygen atoms in total. The van der Waals surface area contributed by atoms with E-state index in [0.29, 0.717) is 23.4 Å². The number of hydrogen-bond acceptors (Lipinski definition) is 6. The zero-order valence-electron chi connectivity index (χ0n) is 14.1. The van der Waals surface area contributed by atoms with Gasteiger partial charge in [0, 0.05) is 18.2 Å². The zero-order valence-corrected chi connectivity index (χ0v) is 14.9. The van der Waals surface area contributed by atoms with Gasteiger partial charge in [0.05, 0.1) is 23.3 Å². The summed E-state index contributed by atoms with van der Waals surface area (Å²) in [6, 6.07) is 18.4. The number of carbonyl (C=O) groups is 1. The van der Waals surface area contributed by atoms with Crippen molar-refractivity contribution < 1.29 is 9.53 Å². The summed E-state index contributed by atoms with van der Waals surface area (Å²) in [7, 11) is 0. The van der Waals surface area contributed by atoms with Gasteiger partial charge in [-0.05, 0) is 35.4 Å². The molecule has 0 saturated carbocycles. The summed E-state index contributed by atoms with van der Waals surface area (Å²) in [6.45, 7) is 0.763. The molecule has 0 N–H and O–H groups in total. The van der Waals surface area contributed by atoms with Gasteiger partial charge in [0.1, 0.15) is 12.6 Å². The number of nitrogens with zero attached hydrogens (tertiary/aromatic N) is 3. The minimum atomic E-state index is -0.301. The first-order valence-electron chi connectivity index (χ1n) is 8.16. The average Bonchev–Trinajstić information content (AvgIpc) is 3.14. The zero-order chi connectivity index (χ0) is 18.4. The molecule has 0 unspecified atom stereocenters. The lowest BCUT2D eigenvalue weighted by atomic mass is 10.1. The molecule has 1 aliphatic rings. The van der Waals surface area contributed by atoms with E-state index < -0.39 is 0 Å². The van der Waals surface area contributed by atoms with Gasteiger partial charge >= 0.3 is 5.97 Å². The van der Waals surface area contributed by atoms with Gasteiger partial charge in [0.15, 0.2) is 0 Å². The maximum absolute atomic E-state index is 12.5. The summed E-state index contributed by atoms with van der Waals surface area (Å²) in [4.78, 5) is 14.6. The number of thioether (sulfide) groups is 1. The van der Waals surface area contributed by atoms with Crippen molar-refractivity contribution in [3.05, 3.63) is 70.8 Å². The number of rotatable bonds is 5. The van der Waals surface area contributed by atoms with Crippen molar-refractivity contribution in [2.45, 2.75) is 19.2 Å². The molecule has 2 aromatic rings. The van der Waals surface area contributed by atoms with E-state index in [1.165, 1.54) is 0 Å². The van der Waals surface area contributed by atoms with Crippen LogP contribution >= 0.6 is 11.8 Å². The first-order chi connectivity index (χ1) is 12.7. The van der Waals surface area contributed by atoms with E-state index in [1.54, 1.807) is 36.0 Å². The molecular formula is C20H17N3O2S. The minimum Gasteiger partial charge on any atom is -0.460 e. The van der Waals surface area contributed by atoms with Crippen LogP contribution in [-0.4, -0.2) is 28.5 Å². The lowest BCUT2D eigenvalue weighted by Crippen LogP contribution is -2.38. The van der Waals surface area contributed by atoms with E-state index in [9.17, 15) is 4.79 Å². The highest BCUT2D eigenvalue weighted by molar-refractivity contribution is 7.99. The van der Waals surface area contributed by atoms with Gasteiger partial charge in [-0.3, -0.25) is 9.69 Å². The Kier molecular flexibility index (Phi) is 5.91. The molecule has 0 bridgehead atoms. The van der Waals surface area contributed by atoms with E-state index in [1.807, 2.05) is 24.3 Å². The van der Waals surface area contributed by atoms with Gasteiger partial charge < -0.3 is 4.74 Å². The van der Waals surface area contributed by atoms with Crippen LogP contribution < -0.4 is 0 Å². The molecule has 0 aliphatic carbocycles. The fourth-order valence-electron chi connectivity index (χ4n) is 2.80. The quantitative estimate of drug-likeness (QED) is 0.760. The fraction of sp³-hybridized carbons (Fsp3) is 0.250. The highest BCUT2D eigenvalue weighted by Crippen LogP contribution is 2.24. The van der Waals surface area contributed by atoms with Crippen molar-refractivity contribution in [2.24, 2.45) is 0 Å². The molecule has 6 heteroatoms. The van der Waals surface area contributed by atoms with Gasteiger partial charge in [0.25, 0.3) is 0 Å². The van der Waals surface area contributed by atoms with Crippen molar-refractivity contribution in [1.82, 2.24) is 4.90 Å². The van der Waals surface area contributed by atoms with Gasteiger partial charge in [-0.2, -0.15) is 10.5 Å². The van der Waals surface area contributed by atoms with Gasteiger partial charge in [0.2, 0.25) is 0 Å². The normalized spacial score (nSPS) is 16.6. The molecule has 1 fully saturated rings. The van der Waals surface area contributed by atoms with Crippen molar-refractivity contribution >= 4 is 17.7 Å².